The number of aromatic amines is 2. The third-order valence-electron chi connectivity index (χ3n) is 1.80. The molecule has 0 aliphatic carbocycles. The number of aryl methyl sites for hydroxylation is 1. The Morgan fingerprint density at radius 2 is 2.00 bits per heavy atom. The molecule has 0 aliphatic rings. The van der Waals surface area contributed by atoms with Gasteiger partial charge in [0.25, 0.3) is 5.56 Å². The van der Waals surface area contributed by atoms with Gasteiger partial charge in [0.15, 0.2) is 0 Å². The molecule has 0 atom stereocenters. The second-order valence-corrected chi connectivity index (χ2v) is 2.76. The molecule has 0 saturated carbocycles. The summed E-state index contributed by atoms with van der Waals surface area (Å²) in [4.78, 5) is 37.3. The van der Waals surface area contributed by atoms with E-state index in [9.17, 15) is 14.4 Å². The molecule has 14 heavy (non-hydrogen) atoms. The molecule has 6 nitrogen and oxygen atoms in total. The fraction of sp³-hybridized carbons (Fsp3) is 0.375. The standard InChI is InChI=1S/C8H10N2O4/c1-4-5(3-6(11)14-2)7(12)10-8(13)9-4/h3H2,1-2H3,(H2,9,10,12,13). The minimum atomic E-state index is -0.582. The summed E-state index contributed by atoms with van der Waals surface area (Å²) >= 11 is 0. The second-order valence-electron chi connectivity index (χ2n) is 2.76. The van der Waals surface area contributed by atoms with Gasteiger partial charge in [-0.25, -0.2) is 4.79 Å². The minimum Gasteiger partial charge on any atom is -0.469 e. The first kappa shape index (κ1) is 10.2. The van der Waals surface area contributed by atoms with Gasteiger partial charge in [-0.2, -0.15) is 0 Å². The first-order chi connectivity index (χ1) is 6.54. The van der Waals surface area contributed by atoms with Gasteiger partial charge in [-0.05, 0) is 6.92 Å². The lowest BCUT2D eigenvalue weighted by atomic mass is 10.2. The Morgan fingerprint density at radius 1 is 1.36 bits per heavy atom. The maximum atomic E-state index is 11.2. The Kier molecular flexibility index (Phi) is 2.85. The number of carbonyl (C=O) groups is 1. The molecule has 0 fully saturated rings. The molecule has 0 aliphatic heterocycles. The van der Waals surface area contributed by atoms with Crippen molar-refractivity contribution in [3.63, 3.8) is 0 Å². The van der Waals surface area contributed by atoms with Crippen LogP contribution in [0.1, 0.15) is 11.3 Å². The van der Waals surface area contributed by atoms with Gasteiger partial charge in [0.05, 0.1) is 13.5 Å². The first-order valence-electron chi connectivity index (χ1n) is 3.93. The van der Waals surface area contributed by atoms with Gasteiger partial charge < -0.3 is 9.72 Å². The maximum absolute atomic E-state index is 11.2. The number of methoxy groups -OCH3 is 1. The lowest BCUT2D eigenvalue weighted by Crippen LogP contribution is -2.28. The zero-order valence-corrected chi connectivity index (χ0v) is 7.84. The average molecular weight is 198 g/mol. The molecule has 1 rings (SSSR count). The summed E-state index contributed by atoms with van der Waals surface area (Å²) in [7, 11) is 1.23. The molecule has 0 amide bonds. The topological polar surface area (TPSA) is 92.0 Å². The summed E-state index contributed by atoms with van der Waals surface area (Å²) in [6.07, 6.45) is -0.144. The summed E-state index contributed by atoms with van der Waals surface area (Å²) in [6.45, 7) is 1.55. The number of ether oxygens (including phenoxy) is 1. The number of rotatable bonds is 2. The van der Waals surface area contributed by atoms with Crippen molar-refractivity contribution in [1.29, 1.82) is 0 Å². The van der Waals surface area contributed by atoms with Crippen molar-refractivity contribution < 1.29 is 9.53 Å². The predicted octanol–water partition coefficient (Wildman–Crippen LogP) is -0.913. The van der Waals surface area contributed by atoms with E-state index in [1.54, 1.807) is 6.92 Å². The lowest BCUT2D eigenvalue weighted by Gasteiger charge is -2.01. The SMILES string of the molecule is COC(=O)Cc1c(C)[nH]c(=O)[nH]c1=O. The Morgan fingerprint density at radius 3 is 2.50 bits per heavy atom. The van der Waals surface area contributed by atoms with Gasteiger partial charge in [0, 0.05) is 11.3 Å². The first-order valence-corrected chi connectivity index (χ1v) is 3.93. The van der Waals surface area contributed by atoms with Crippen LogP contribution in [-0.2, 0) is 16.0 Å². The maximum Gasteiger partial charge on any atom is 0.325 e. The van der Waals surface area contributed by atoms with Crippen LogP contribution in [0.2, 0.25) is 0 Å². The van der Waals surface area contributed by atoms with Crippen molar-refractivity contribution in [1.82, 2.24) is 9.97 Å². The van der Waals surface area contributed by atoms with Crippen molar-refractivity contribution in [3.8, 4) is 0 Å². The number of aromatic nitrogens is 2. The van der Waals surface area contributed by atoms with E-state index in [1.807, 2.05) is 4.98 Å². The van der Waals surface area contributed by atoms with Crippen molar-refractivity contribution in [2.45, 2.75) is 13.3 Å². The monoisotopic (exact) mass is 198 g/mol. The minimum absolute atomic E-state index is 0.144. The zero-order chi connectivity index (χ0) is 10.7. The largest absolute Gasteiger partial charge is 0.469 e. The Labute approximate surface area is 78.9 Å². The summed E-state index contributed by atoms with van der Waals surface area (Å²) < 4.78 is 4.41. The number of nitrogens with one attached hydrogen (secondary N) is 2. The van der Waals surface area contributed by atoms with Crippen LogP contribution in [-0.4, -0.2) is 23.0 Å². The second kappa shape index (κ2) is 3.91. The molecular formula is C8H10N2O4. The van der Waals surface area contributed by atoms with Crippen molar-refractivity contribution in [2.24, 2.45) is 0 Å². The van der Waals surface area contributed by atoms with Crippen molar-refractivity contribution in [2.75, 3.05) is 7.11 Å². The average Bonchev–Trinajstić information content (AvgIpc) is 2.10. The van der Waals surface area contributed by atoms with E-state index in [0.29, 0.717) is 5.69 Å². The van der Waals surface area contributed by atoms with Crippen LogP contribution in [0.5, 0.6) is 0 Å². The molecule has 1 aromatic heterocycles. The van der Waals surface area contributed by atoms with Crippen LogP contribution < -0.4 is 11.2 Å². The molecule has 0 radical (unpaired) electrons. The van der Waals surface area contributed by atoms with Gasteiger partial charge >= 0.3 is 11.7 Å². The fourth-order valence-electron chi connectivity index (χ4n) is 1.06. The molecule has 76 valence electrons. The van der Waals surface area contributed by atoms with Gasteiger partial charge in [-0.15, -0.1) is 0 Å². The molecule has 0 saturated heterocycles. The lowest BCUT2D eigenvalue weighted by molar-refractivity contribution is -0.139. The van der Waals surface area contributed by atoms with E-state index in [2.05, 4.69) is 9.72 Å². The number of H-pyrrole nitrogens is 2. The molecule has 1 heterocycles. The third kappa shape index (κ3) is 2.09. The van der Waals surface area contributed by atoms with Crippen LogP contribution in [0.3, 0.4) is 0 Å². The van der Waals surface area contributed by atoms with Gasteiger partial charge in [-0.1, -0.05) is 0 Å². The van der Waals surface area contributed by atoms with Crippen molar-refractivity contribution >= 4 is 5.97 Å². The summed E-state index contributed by atoms with van der Waals surface area (Å²) in [5, 5.41) is 0. The van der Waals surface area contributed by atoms with Crippen LogP contribution >= 0.6 is 0 Å². The molecule has 6 heteroatoms. The Hall–Kier alpha value is -1.85. The number of carbonyl (C=O) groups excluding carboxylic acids is 1. The number of hydrogen-bond acceptors (Lipinski definition) is 4. The molecule has 0 bridgehead atoms. The van der Waals surface area contributed by atoms with Crippen LogP contribution in [0, 0.1) is 6.92 Å². The number of esters is 1. The van der Waals surface area contributed by atoms with E-state index >= 15 is 0 Å². The third-order valence-corrected chi connectivity index (χ3v) is 1.80. The van der Waals surface area contributed by atoms with Gasteiger partial charge in [0.2, 0.25) is 0 Å². The zero-order valence-electron chi connectivity index (χ0n) is 7.84. The van der Waals surface area contributed by atoms with Crippen LogP contribution in [0.4, 0.5) is 0 Å². The smallest absolute Gasteiger partial charge is 0.325 e. The normalized spacial score (nSPS) is 9.86. The van der Waals surface area contributed by atoms with E-state index in [0.717, 1.165) is 0 Å². The Balaban J connectivity index is 3.16. The van der Waals surface area contributed by atoms with Crippen LogP contribution in [0.25, 0.3) is 0 Å². The highest BCUT2D eigenvalue weighted by Crippen LogP contribution is 1.97. The highest BCUT2D eigenvalue weighted by molar-refractivity contribution is 5.72. The molecule has 0 unspecified atom stereocenters. The number of hydrogen-bond donors (Lipinski definition) is 2. The van der Waals surface area contributed by atoms with E-state index in [1.165, 1.54) is 7.11 Å². The van der Waals surface area contributed by atoms with Crippen LogP contribution in [0.15, 0.2) is 9.59 Å². The molecular weight excluding hydrogens is 188 g/mol. The highest BCUT2D eigenvalue weighted by Gasteiger charge is 2.10. The Bertz CT molecular complexity index is 457. The van der Waals surface area contributed by atoms with Gasteiger partial charge in [0.1, 0.15) is 0 Å². The summed E-state index contributed by atoms with van der Waals surface area (Å²) in [5.74, 6) is -0.523. The molecule has 0 spiro atoms. The van der Waals surface area contributed by atoms with E-state index in [4.69, 9.17) is 0 Å². The predicted molar refractivity (Wildman–Crippen MR) is 48.1 cm³/mol. The molecule has 0 aromatic carbocycles. The van der Waals surface area contributed by atoms with E-state index < -0.39 is 17.2 Å². The summed E-state index contributed by atoms with van der Waals surface area (Å²) in [5.41, 5.74) is -0.543. The van der Waals surface area contributed by atoms with E-state index in [-0.39, 0.29) is 12.0 Å². The quantitative estimate of drug-likeness (QED) is 0.601. The molecule has 2 N–H and O–H groups in total. The van der Waals surface area contributed by atoms with Crippen molar-refractivity contribution in [3.05, 3.63) is 32.1 Å². The van der Waals surface area contributed by atoms with Gasteiger partial charge in [-0.3, -0.25) is 14.6 Å². The fourth-order valence-corrected chi connectivity index (χ4v) is 1.06. The summed E-state index contributed by atoms with van der Waals surface area (Å²) in [6, 6.07) is 0. The highest BCUT2D eigenvalue weighted by atomic mass is 16.5. The molecule has 1 aromatic rings.